The molecule has 1 aliphatic heterocycles. The number of halogens is 2. The number of nitrogens with zero attached hydrogens (tertiary/aromatic N) is 1. The van der Waals surface area contributed by atoms with Crippen molar-refractivity contribution >= 4 is 32.9 Å². The van der Waals surface area contributed by atoms with Gasteiger partial charge in [0.15, 0.2) is 14.9 Å². The molecule has 1 fully saturated rings. The highest BCUT2D eigenvalue weighted by Crippen LogP contribution is 2.20. The van der Waals surface area contributed by atoms with Gasteiger partial charge >= 0.3 is 6.61 Å². The fourth-order valence-corrected chi connectivity index (χ4v) is 4.22. The largest absolute Gasteiger partial charge is 0.435 e. The van der Waals surface area contributed by atoms with Crippen LogP contribution in [-0.2, 0) is 9.84 Å². The topological polar surface area (TPSA) is 58.6 Å². The molecule has 1 atom stereocenters. The molecule has 0 radical (unpaired) electrons. The molecule has 1 saturated heterocycles. The second-order valence-electron chi connectivity index (χ2n) is 5.00. The molecule has 9 heteroatoms. The van der Waals surface area contributed by atoms with E-state index in [-0.39, 0.29) is 23.3 Å². The fraction of sp³-hybridized carbons (Fsp3) is 0.462. The Hall–Kier alpha value is -1.48. The van der Waals surface area contributed by atoms with Gasteiger partial charge in [0, 0.05) is 18.8 Å². The third-order valence-electron chi connectivity index (χ3n) is 3.41. The van der Waals surface area contributed by atoms with Crippen LogP contribution < -0.4 is 10.1 Å². The number of ether oxygens (including phenoxy) is 1. The Kier molecular flexibility index (Phi) is 5.17. The van der Waals surface area contributed by atoms with Crippen LogP contribution in [0.2, 0.25) is 0 Å². The van der Waals surface area contributed by atoms with Gasteiger partial charge in [-0.3, -0.25) is 0 Å². The molecule has 0 amide bonds. The molecule has 1 aromatic rings. The van der Waals surface area contributed by atoms with Gasteiger partial charge in [0.05, 0.1) is 11.5 Å². The van der Waals surface area contributed by atoms with Crippen molar-refractivity contribution in [2.24, 2.45) is 0 Å². The third-order valence-corrected chi connectivity index (χ3v) is 5.55. The average Bonchev–Trinajstić information content (AvgIpc) is 2.80. The van der Waals surface area contributed by atoms with Gasteiger partial charge in [0.25, 0.3) is 0 Å². The number of thiocarbonyl (C=S) groups is 1. The first-order valence-corrected chi connectivity index (χ1v) is 8.79. The standard InChI is InChI=1S/C13H16F2N2O3S2/c1-17(10-6-7-22(18,19)8-10)13(21)16-9-2-4-11(5-3-9)20-12(14)15/h2-5,10,12H,6-8H2,1H3,(H,16,21)/t10-/m0/s1. The molecule has 5 nitrogen and oxygen atoms in total. The molecule has 22 heavy (non-hydrogen) atoms. The summed E-state index contributed by atoms with van der Waals surface area (Å²) in [6.45, 7) is -2.87. The Balaban J connectivity index is 1.94. The molecule has 0 aliphatic carbocycles. The van der Waals surface area contributed by atoms with Gasteiger partial charge in [-0.2, -0.15) is 8.78 Å². The quantitative estimate of drug-likeness (QED) is 0.840. The van der Waals surface area contributed by atoms with Crippen LogP contribution in [0, 0.1) is 0 Å². The number of sulfone groups is 1. The van der Waals surface area contributed by atoms with E-state index in [0.717, 1.165) is 0 Å². The molecular formula is C13H16F2N2O3S2. The predicted octanol–water partition coefficient (Wildman–Crippen LogP) is 2.10. The van der Waals surface area contributed by atoms with Gasteiger partial charge in [-0.25, -0.2) is 8.42 Å². The van der Waals surface area contributed by atoms with Crippen molar-refractivity contribution in [1.29, 1.82) is 0 Å². The van der Waals surface area contributed by atoms with Crippen LogP contribution in [0.5, 0.6) is 5.75 Å². The van der Waals surface area contributed by atoms with E-state index in [1.807, 2.05) is 0 Å². The van der Waals surface area contributed by atoms with Crippen molar-refractivity contribution in [3.05, 3.63) is 24.3 Å². The maximum atomic E-state index is 12.1. The summed E-state index contributed by atoms with van der Waals surface area (Å²) in [5, 5.41) is 3.33. The minimum absolute atomic E-state index is 0.0571. The van der Waals surface area contributed by atoms with Crippen LogP contribution in [-0.4, -0.2) is 49.6 Å². The number of alkyl halides is 2. The van der Waals surface area contributed by atoms with E-state index in [0.29, 0.717) is 17.2 Å². The molecule has 1 aromatic carbocycles. The molecule has 2 rings (SSSR count). The Morgan fingerprint density at radius 3 is 2.55 bits per heavy atom. The molecule has 122 valence electrons. The Labute approximate surface area is 133 Å². The molecule has 0 saturated carbocycles. The monoisotopic (exact) mass is 350 g/mol. The smallest absolute Gasteiger partial charge is 0.387 e. The predicted molar refractivity (Wildman–Crippen MR) is 84.1 cm³/mol. The Bertz CT molecular complexity index is 635. The summed E-state index contributed by atoms with van der Waals surface area (Å²) in [7, 11) is -1.25. The van der Waals surface area contributed by atoms with Crippen LogP contribution in [0.1, 0.15) is 6.42 Å². The molecule has 0 spiro atoms. The van der Waals surface area contributed by atoms with Crippen LogP contribution in [0.3, 0.4) is 0 Å². The van der Waals surface area contributed by atoms with Crippen LogP contribution in [0.25, 0.3) is 0 Å². The second kappa shape index (κ2) is 6.74. The van der Waals surface area contributed by atoms with E-state index in [1.54, 1.807) is 24.1 Å². The highest BCUT2D eigenvalue weighted by Gasteiger charge is 2.31. The first kappa shape index (κ1) is 16.9. The van der Waals surface area contributed by atoms with Crippen molar-refractivity contribution in [3.8, 4) is 5.75 Å². The summed E-state index contributed by atoms with van der Waals surface area (Å²) in [4.78, 5) is 1.71. The van der Waals surface area contributed by atoms with E-state index in [9.17, 15) is 17.2 Å². The summed E-state index contributed by atoms with van der Waals surface area (Å²) < 4.78 is 51.3. The third kappa shape index (κ3) is 4.51. The van der Waals surface area contributed by atoms with Crippen LogP contribution in [0.15, 0.2) is 24.3 Å². The van der Waals surface area contributed by atoms with Crippen molar-refractivity contribution < 1.29 is 21.9 Å². The van der Waals surface area contributed by atoms with Gasteiger partial charge in [0.1, 0.15) is 5.75 Å². The molecule has 1 aliphatic rings. The molecule has 0 bridgehead atoms. The molecular weight excluding hydrogens is 334 g/mol. The number of rotatable bonds is 4. The number of hydrogen-bond donors (Lipinski definition) is 1. The maximum absolute atomic E-state index is 12.1. The van der Waals surface area contributed by atoms with Gasteiger partial charge in [-0.1, -0.05) is 0 Å². The average molecular weight is 350 g/mol. The van der Waals surface area contributed by atoms with E-state index >= 15 is 0 Å². The lowest BCUT2D eigenvalue weighted by atomic mass is 10.2. The van der Waals surface area contributed by atoms with Gasteiger partial charge in [-0.15, -0.1) is 0 Å². The molecule has 1 heterocycles. The van der Waals surface area contributed by atoms with E-state index < -0.39 is 16.4 Å². The van der Waals surface area contributed by atoms with Crippen LogP contribution >= 0.6 is 12.2 Å². The first-order chi connectivity index (χ1) is 10.3. The normalized spacial score (nSPS) is 19.9. The van der Waals surface area contributed by atoms with Crippen LogP contribution in [0.4, 0.5) is 14.5 Å². The lowest BCUT2D eigenvalue weighted by Crippen LogP contribution is -2.40. The summed E-state index contributed by atoms with van der Waals surface area (Å²) in [5.41, 5.74) is 0.610. The van der Waals surface area contributed by atoms with Gasteiger partial charge in [0.2, 0.25) is 0 Å². The molecule has 0 aromatic heterocycles. The zero-order valence-corrected chi connectivity index (χ0v) is 13.5. The highest BCUT2D eigenvalue weighted by molar-refractivity contribution is 7.91. The van der Waals surface area contributed by atoms with E-state index in [1.165, 1.54) is 12.1 Å². The number of anilines is 1. The summed E-state index contributed by atoms with van der Waals surface area (Å²) >= 11 is 5.24. The van der Waals surface area contributed by atoms with Crippen molar-refractivity contribution in [1.82, 2.24) is 4.90 Å². The van der Waals surface area contributed by atoms with E-state index in [4.69, 9.17) is 12.2 Å². The minimum atomic E-state index is -2.98. The van der Waals surface area contributed by atoms with Crippen molar-refractivity contribution in [2.45, 2.75) is 19.1 Å². The van der Waals surface area contributed by atoms with E-state index in [2.05, 4.69) is 10.1 Å². The fourth-order valence-electron chi connectivity index (χ4n) is 2.18. The van der Waals surface area contributed by atoms with Gasteiger partial charge in [-0.05, 0) is 42.9 Å². The van der Waals surface area contributed by atoms with Gasteiger partial charge < -0.3 is 15.0 Å². The lowest BCUT2D eigenvalue weighted by Gasteiger charge is -2.26. The minimum Gasteiger partial charge on any atom is -0.435 e. The SMILES string of the molecule is CN(C(=S)Nc1ccc(OC(F)F)cc1)[C@H]1CCS(=O)(=O)C1. The number of benzene rings is 1. The number of nitrogens with one attached hydrogen (secondary N) is 1. The summed E-state index contributed by atoms with van der Waals surface area (Å²) in [5.74, 6) is 0.318. The second-order valence-corrected chi connectivity index (χ2v) is 7.62. The van der Waals surface area contributed by atoms with Crippen molar-refractivity contribution in [3.63, 3.8) is 0 Å². The lowest BCUT2D eigenvalue weighted by molar-refractivity contribution is -0.0498. The Morgan fingerprint density at radius 2 is 2.05 bits per heavy atom. The van der Waals surface area contributed by atoms with Crippen molar-refractivity contribution in [2.75, 3.05) is 23.9 Å². The summed E-state index contributed by atoms with van der Waals surface area (Å²) in [6.07, 6.45) is 0.543. The maximum Gasteiger partial charge on any atom is 0.387 e. The number of hydrogen-bond acceptors (Lipinski definition) is 4. The molecule has 0 unspecified atom stereocenters. The summed E-state index contributed by atoms with van der Waals surface area (Å²) in [6, 6.07) is 5.77. The molecule has 1 N–H and O–H groups in total. The Morgan fingerprint density at radius 1 is 1.41 bits per heavy atom. The zero-order valence-electron chi connectivity index (χ0n) is 11.8. The zero-order chi connectivity index (χ0) is 16.3. The highest BCUT2D eigenvalue weighted by atomic mass is 32.2. The first-order valence-electron chi connectivity index (χ1n) is 6.56.